The second-order valence-electron chi connectivity index (χ2n) is 1.78. The van der Waals surface area contributed by atoms with Crippen LogP contribution in [-0.4, -0.2) is 18.8 Å². The van der Waals surface area contributed by atoms with Crippen LogP contribution in [0.25, 0.3) is 0 Å². The van der Waals surface area contributed by atoms with Crippen LogP contribution in [0, 0.1) is 0 Å². The highest BCUT2D eigenvalue weighted by Crippen LogP contribution is 2.31. The molecule has 0 aliphatic carbocycles. The van der Waals surface area contributed by atoms with Gasteiger partial charge in [0.05, 0.1) is 0 Å². The molecule has 0 heterocycles. The average Bonchev–Trinajstić information content (AvgIpc) is 1.60. The summed E-state index contributed by atoms with van der Waals surface area (Å²) in [6, 6.07) is 0. The molecule has 0 nitrogen and oxygen atoms in total. The Morgan fingerprint density at radius 3 is 1.40 bits per heavy atom. The molecule has 0 aromatic heterocycles. The Labute approximate surface area is 52.8 Å². The summed E-state index contributed by atoms with van der Waals surface area (Å²) in [6.45, 7) is -2.27. The van der Waals surface area contributed by atoms with E-state index in [1.165, 1.54) is 0 Å². The van der Waals surface area contributed by atoms with Crippen LogP contribution in [0.3, 0.4) is 0 Å². The van der Waals surface area contributed by atoms with Crippen LogP contribution in [-0.2, 0) is 0 Å². The summed E-state index contributed by atoms with van der Waals surface area (Å²) in [7, 11) is 0. The van der Waals surface area contributed by atoms with Crippen molar-refractivity contribution < 1.29 is 26.3 Å². The van der Waals surface area contributed by atoms with Gasteiger partial charge in [-0.25, -0.2) is 13.2 Å². The molecule has 0 amide bonds. The fraction of sp³-hybridized carbons (Fsp3) is 1.00. The monoisotopic (exact) mass is 166 g/mol. The Hall–Kier alpha value is -0.420. The minimum Gasteiger partial charge on any atom is -0.244 e. The van der Waals surface area contributed by atoms with Crippen molar-refractivity contribution in [3.05, 3.63) is 0 Å². The SMILES string of the molecule is FCC(F)(F)CC(F)(F)F. The van der Waals surface area contributed by atoms with Crippen molar-refractivity contribution in [2.24, 2.45) is 0 Å². The van der Waals surface area contributed by atoms with Gasteiger partial charge < -0.3 is 0 Å². The highest BCUT2D eigenvalue weighted by molar-refractivity contribution is 4.68. The largest absolute Gasteiger partial charge is 0.394 e. The molecule has 0 aliphatic heterocycles. The van der Waals surface area contributed by atoms with E-state index in [0.717, 1.165) is 0 Å². The number of halogens is 6. The molecule has 0 atom stereocenters. The van der Waals surface area contributed by atoms with E-state index in [1.807, 2.05) is 0 Å². The van der Waals surface area contributed by atoms with Crippen LogP contribution >= 0.6 is 0 Å². The quantitative estimate of drug-likeness (QED) is 0.553. The van der Waals surface area contributed by atoms with Gasteiger partial charge >= 0.3 is 6.18 Å². The van der Waals surface area contributed by atoms with Gasteiger partial charge in [-0.05, 0) is 0 Å². The van der Waals surface area contributed by atoms with E-state index < -0.39 is 25.2 Å². The van der Waals surface area contributed by atoms with Gasteiger partial charge in [-0.3, -0.25) is 0 Å². The lowest BCUT2D eigenvalue weighted by molar-refractivity contribution is -0.191. The molecule has 0 aliphatic rings. The molecule has 0 unspecified atom stereocenters. The van der Waals surface area contributed by atoms with Crippen LogP contribution in [0.1, 0.15) is 6.42 Å². The van der Waals surface area contributed by atoms with Gasteiger partial charge in [-0.1, -0.05) is 0 Å². The summed E-state index contributed by atoms with van der Waals surface area (Å²) in [5, 5.41) is 0. The molecule has 62 valence electrons. The van der Waals surface area contributed by atoms with E-state index in [-0.39, 0.29) is 0 Å². The van der Waals surface area contributed by atoms with E-state index in [4.69, 9.17) is 0 Å². The highest BCUT2D eigenvalue weighted by atomic mass is 19.4. The van der Waals surface area contributed by atoms with Crippen molar-refractivity contribution in [2.45, 2.75) is 18.5 Å². The topological polar surface area (TPSA) is 0 Å². The van der Waals surface area contributed by atoms with Gasteiger partial charge in [-0.2, -0.15) is 13.2 Å². The third-order valence-electron chi connectivity index (χ3n) is 0.655. The first kappa shape index (κ1) is 9.58. The van der Waals surface area contributed by atoms with E-state index in [9.17, 15) is 26.3 Å². The minimum absolute atomic E-state index is 2.27. The van der Waals surface area contributed by atoms with Gasteiger partial charge in [0.1, 0.15) is 6.42 Å². The normalized spacial score (nSPS) is 13.8. The van der Waals surface area contributed by atoms with Gasteiger partial charge in [0.25, 0.3) is 5.92 Å². The van der Waals surface area contributed by atoms with Crippen LogP contribution in [0.2, 0.25) is 0 Å². The van der Waals surface area contributed by atoms with E-state index in [1.54, 1.807) is 0 Å². The molecule has 0 N–H and O–H groups in total. The second-order valence-corrected chi connectivity index (χ2v) is 1.78. The Morgan fingerprint density at radius 1 is 0.900 bits per heavy atom. The number of rotatable bonds is 2. The van der Waals surface area contributed by atoms with Crippen LogP contribution in [0.4, 0.5) is 26.3 Å². The summed E-state index contributed by atoms with van der Waals surface area (Å²) < 4.78 is 67.4. The van der Waals surface area contributed by atoms with E-state index in [2.05, 4.69) is 0 Å². The van der Waals surface area contributed by atoms with Crippen LogP contribution in [0.15, 0.2) is 0 Å². The molecule has 0 bridgehead atoms. The van der Waals surface area contributed by atoms with E-state index >= 15 is 0 Å². The summed E-state index contributed by atoms with van der Waals surface area (Å²) >= 11 is 0. The standard InChI is InChI=1S/C4H4F6/c5-2-3(6,7)1-4(8,9)10/h1-2H2. The van der Waals surface area contributed by atoms with Crippen molar-refractivity contribution in [3.8, 4) is 0 Å². The Morgan fingerprint density at radius 2 is 1.30 bits per heavy atom. The molecule has 0 radical (unpaired) electrons. The third-order valence-corrected chi connectivity index (χ3v) is 0.655. The molecule has 0 aromatic rings. The molecule has 0 saturated carbocycles. The zero-order valence-corrected chi connectivity index (χ0v) is 4.68. The number of alkyl halides is 6. The second kappa shape index (κ2) is 2.67. The van der Waals surface area contributed by atoms with E-state index in [0.29, 0.717) is 0 Å². The average molecular weight is 166 g/mol. The Kier molecular flexibility index (Phi) is 2.56. The number of hydrogen-bond donors (Lipinski definition) is 0. The number of hydrogen-bond acceptors (Lipinski definition) is 0. The lowest BCUT2D eigenvalue weighted by Crippen LogP contribution is -2.27. The van der Waals surface area contributed by atoms with Crippen molar-refractivity contribution in [2.75, 3.05) is 6.67 Å². The zero-order chi connectivity index (χ0) is 8.41. The maximum absolute atomic E-state index is 11.6. The lowest BCUT2D eigenvalue weighted by atomic mass is 10.2. The van der Waals surface area contributed by atoms with Crippen LogP contribution < -0.4 is 0 Å². The summed E-state index contributed by atoms with van der Waals surface area (Å²) in [6.07, 6.45) is -7.40. The Balaban J connectivity index is 3.89. The van der Waals surface area contributed by atoms with Gasteiger partial charge in [0.2, 0.25) is 0 Å². The van der Waals surface area contributed by atoms with Crippen molar-refractivity contribution in [3.63, 3.8) is 0 Å². The lowest BCUT2D eigenvalue weighted by Gasteiger charge is -2.13. The van der Waals surface area contributed by atoms with Crippen molar-refractivity contribution in [1.82, 2.24) is 0 Å². The van der Waals surface area contributed by atoms with Gasteiger partial charge in [0.15, 0.2) is 6.67 Å². The molecular formula is C4H4F6. The van der Waals surface area contributed by atoms with Crippen LogP contribution in [0.5, 0.6) is 0 Å². The predicted molar refractivity (Wildman–Crippen MR) is 21.6 cm³/mol. The fourth-order valence-electron chi connectivity index (χ4n) is 0.341. The first-order chi connectivity index (χ1) is 4.27. The maximum Gasteiger partial charge on any atom is 0.394 e. The molecule has 0 rings (SSSR count). The van der Waals surface area contributed by atoms with Crippen molar-refractivity contribution >= 4 is 0 Å². The van der Waals surface area contributed by atoms with Crippen molar-refractivity contribution in [1.29, 1.82) is 0 Å². The fourth-order valence-corrected chi connectivity index (χ4v) is 0.341. The molecule has 10 heavy (non-hydrogen) atoms. The smallest absolute Gasteiger partial charge is 0.244 e. The van der Waals surface area contributed by atoms with Gasteiger partial charge in [-0.15, -0.1) is 0 Å². The minimum atomic E-state index is -5.00. The third kappa shape index (κ3) is 4.46. The predicted octanol–water partition coefficient (Wildman–Crippen LogP) is 2.54. The first-order valence-corrected chi connectivity index (χ1v) is 2.27. The maximum atomic E-state index is 11.6. The first-order valence-electron chi connectivity index (χ1n) is 2.27. The van der Waals surface area contributed by atoms with Gasteiger partial charge in [0, 0.05) is 0 Å². The molecule has 6 heteroatoms. The molecule has 0 aromatic carbocycles. The summed E-state index contributed by atoms with van der Waals surface area (Å²) in [5.41, 5.74) is 0. The molecule has 0 fully saturated rings. The zero-order valence-electron chi connectivity index (χ0n) is 4.68. The molecule has 0 spiro atoms. The highest BCUT2D eigenvalue weighted by Gasteiger charge is 2.43. The Bertz CT molecular complexity index is 103. The molecular weight excluding hydrogens is 162 g/mol. The molecule has 0 saturated heterocycles. The summed E-state index contributed by atoms with van der Waals surface area (Å²) in [4.78, 5) is 0. The summed E-state index contributed by atoms with van der Waals surface area (Å²) in [5.74, 6) is -4.27.